The molecular weight excluding hydrogens is 306 g/mol. The Balaban J connectivity index is 2.36. The lowest BCUT2D eigenvalue weighted by atomic mass is 9.97. The number of aromatic nitrogens is 1. The van der Waals surface area contributed by atoms with Crippen LogP contribution in [0.15, 0.2) is 24.4 Å². The molecule has 0 aliphatic rings. The molecule has 0 unspecified atom stereocenters. The van der Waals surface area contributed by atoms with Gasteiger partial charge in [-0.15, -0.1) is 0 Å². The normalized spacial score (nSPS) is 11.8. The zero-order valence-electron chi connectivity index (χ0n) is 11.4. The third-order valence-corrected chi connectivity index (χ3v) is 3.34. The maximum Gasteiger partial charge on any atom is 0.316 e. The minimum absolute atomic E-state index is 0.223. The van der Waals surface area contributed by atoms with Crippen LogP contribution in [-0.2, 0) is 11.2 Å². The number of aryl methyl sites for hydroxylation is 1. The van der Waals surface area contributed by atoms with Gasteiger partial charge in [-0.3, -0.25) is 4.79 Å². The second kappa shape index (κ2) is 5.37. The summed E-state index contributed by atoms with van der Waals surface area (Å²) in [5.74, 6) is 0.380. The number of rotatable bonds is 3. The molecule has 1 aromatic carbocycles. The second-order valence-corrected chi connectivity index (χ2v) is 6.36. The van der Waals surface area contributed by atoms with Crippen LogP contribution >= 0.6 is 15.9 Å². The quantitative estimate of drug-likeness (QED) is 0.683. The zero-order chi connectivity index (χ0) is 14.0. The molecule has 0 bridgehead atoms. The molecule has 19 heavy (non-hydrogen) atoms. The van der Waals surface area contributed by atoms with E-state index in [2.05, 4.69) is 27.0 Å². The molecule has 0 fully saturated rings. The van der Waals surface area contributed by atoms with Gasteiger partial charge in [-0.1, -0.05) is 28.1 Å². The van der Waals surface area contributed by atoms with Crippen LogP contribution < -0.4 is 4.74 Å². The molecule has 102 valence electrons. The number of nitrogens with one attached hydrogen (secondary N) is 1. The van der Waals surface area contributed by atoms with E-state index in [0.717, 1.165) is 22.7 Å². The van der Waals surface area contributed by atoms with Gasteiger partial charge in [-0.05, 0) is 38.8 Å². The van der Waals surface area contributed by atoms with E-state index in [-0.39, 0.29) is 5.97 Å². The molecule has 0 aliphatic carbocycles. The highest BCUT2D eigenvalue weighted by Crippen LogP contribution is 2.30. The van der Waals surface area contributed by atoms with Crippen molar-refractivity contribution in [3.63, 3.8) is 0 Å². The van der Waals surface area contributed by atoms with Crippen molar-refractivity contribution in [3.8, 4) is 5.75 Å². The monoisotopic (exact) mass is 323 g/mol. The molecule has 1 N–H and O–H groups in total. The second-order valence-electron chi connectivity index (χ2n) is 5.57. The number of para-hydroxylation sites is 1. The summed E-state index contributed by atoms with van der Waals surface area (Å²) in [4.78, 5) is 15.1. The highest BCUT2D eigenvalue weighted by atomic mass is 79.9. The molecule has 1 heterocycles. The number of hydrogen-bond acceptors (Lipinski definition) is 2. The smallest absolute Gasteiger partial charge is 0.316 e. The molecule has 0 amide bonds. The van der Waals surface area contributed by atoms with E-state index < -0.39 is 5.41 Å². The number of hydrogen-bond donors (Lipinski definition) is 1. The topological polar surface area (TPSA) is 42.1 Å². The van der Waals surface area contributed by atoms with Crippen LogP contribution in [0.25, 0.3) is 10.9 Å². The molecular formula is C15H18BrNO2. The summed E-state index contributed by atoms with van der Waals surface area (Å²) in [5, 5.41) is 1.86. The Morgan fingerprint density at radius 2 is 2.11 bits per heavy atom. The average Bonchev–Trinajstić information content (AvgIpc) is 2.73. The van der Waals surface area contributed by atoms with Crippen LogP contribution in [-0.4, -0.2) is 16.3 Å². The largest absolute Gasteiger partial charge is 0.424 e. The number of fused-ring (bicyclic) bond motifs is 1. The number of alkyl halides is 1. The lowest BCUT2D eigenvalue weighted by Crippen LogP contribution is -2.25. The van der Waals surface area contributed by atoms with Crippen LogP contribution in [0.1, 0.15) is 26.3 Å². The van der Waals surface area contributed by atoms with Crippen molar-refractivity contribution in [2.75, 3.05) is 5.33 Å². The van der Waals surface area contributed by atoms with E-state index in [9.17, 15) is 4.79 Å². The first kappa shape index (κ1) is 14.1. The van der Waals surface area contributed by atoms with Gasteiger partial charge in [0.05, 0.1) is 10.9 Å². The molecule has 0 atom stereocenters. The number of halogens is 1. The Kier molecular flexibility index (Phi) is 3.99. The Hall–Kier alpha value is -1.29. The maximum atomic E-state index is 11.9. The van der Waals surface area contributed by atoms with Crippen molar-refractivity contribution in [1.29, 1.82) is 0 Å². The Morgan fingerprint density at radius 3 is 2.74 bits per heavy atom. The summed E-state index contributed by atoms with van der Waals surface area (Å²) >= 11 is 3.45. The van der Waals surface area contributed by atoms with Crippen LogP contribution in [0.3, 0.4) is 0 Å². The number of benzene rings is 1. The Labute approximate surface area is 121 Å². The van der Waals surface area contributed by atoms with Crippen LogP contribution in [0.4, 0.5) is 0 Å². The molecule has 0 saturated heterocycles. The van der Waals surface area contributed by atoms with Crippen molar-refractivity contribution >= 4 is 32.8 Å². The third kappa shape index (κ3) is 3.00. The van der Waals surface area contributed by atoms with Crippen molar-refractivity contribution in [1.82, 2.24) is 4.98 Å². The highest BCUT2D eigenvalue weighted by molar-refractivity contribution is 9.09. The van der Waals surface area contributed by atoms with E-state index >= 15 is 0 Å². The van der Waals surface area contributed by atoms with Crippen LogP contribution in [0, 0.1) is 5.41 Å². The van der Waals surface area contributed by atoms with E-state index in [4.69, 9.17) is 4.74 Å². The van der Waals surface area contributed by atoms with Crippen molar-refractivity contribution in [2.24, 2.45) is 5.41 Å². The molecule has 0 spiro atoms. The summed E-state index contributed by atoms with van der Waals surface area (Å²) < 4.78 is 5.48. The number of carbonyl (C=O) groups excluding carboxylic acids is 1. The Bertz CT molecular complexity index is 596. The number of H-pyrrole nitrogens is 1. The summed E-state index contributed by atoms with van der Waals surface area (Å²) in [7, 11) is 0. The van der Waals surface area contributed by atoms with Gasteiger partial charge in [-0.25, -0.2) is 0 Å². The maximum absolute atomic E-state index is 11.9. The first-order chi connectivity index (χ1) is 8.93. The van der Waals surface area contributed by atoms with Gasteiger partial charge in [0.15, 0.2) is 5.75 Å². The molecule has 0 radical (unpaired) electrons. The van der Waals surface area contributed by atoms with Gasteiger partial charge < -0.3 is 9.72 Å². The SMILES string of the molecule is CC(C)(C)C(=O)Oc1c[nH]c2c(CCBr)cccc12. The predicted octanol–water partition coefficient (Wildman–Crippen LogP) is 4.06. The van der Waals surface area contributed by atoms with Crippen molar-refractivity contribution in [2.45, 2.75) is 27.2 Å². The van der Waals surface area contributed by atoms with Gasteiger partial charge in [0.25, 0.3) is 0 Å². The highest BCUT2D eigenvalue weighted by Gasteiger charge is 2.24. The van der Waals surface area contributed by atoms with E-state index in [0.29, 0.717) is 5.75 Å². The van der Waals surface area contributed by atoms with Gasteiger partial charge in [0, 0.05) is 16.9 Å². The molecule has 2 rings (SSSR count). The molecule has 1 aromatic heterocycles. The Morgan fingerprint density at radius 1 is 1.37 bits per heavy atom. The van der Waals surface area contributed by atoms with Crippen molar-refractivity contribution < 1.29 is 9.53 Å². The lowest BCUT2D eigenvalue weighted by molar-refractivity contribution is -0.142. The van der Waals surface area contributed by atoms with Gasteiger partial charge >= 0.3 is 5.97 Å². The van der Waals surface area contributed by atoms with Crippen molar-refractivity contribution in [3.05, 3.63) is 30.0 Å². The summed E-state index contributed by atoms with van der Waals surface area (Å²) in [5.41, 5.74) is 1.75. The standard InChI is InChI=1S/C15H18BrNO2/c1-15(2,3)14(18)19-12-9-17-13-10(7-8-16)5-4-6-11(12)13/h4-6,9,17H,7-8H2,1-3H3. The minimum Gasteiger partial charge on any atom is -0.424 e. The average molecular weight is 324 g/mol. The predicted molar refractivity (Wildman–Crippen MR) is 80.9 cm³/mol. The molecule has 0 saturated carbocycles. The summed E-state index contributed by atoms with van der Waals surface area (Å²) in [6, 6.07) is 6.03. The number of ether oxygens (including phenoxy) is 1. The molecule has 4 heteroatoms. The number of esters is 1. The number of aromatic amines is 1. The van der Waals surface area contributed by atoms with Gasteiger partial charge in [-0.2, -0.15) is 0 Å². The fourth-order valence-corrected chi connectivity index (χ4v) is 2.27. The number of carbonyl (C=O) groups is 1. The molecule has 2 aromatic rings. The van der Waals surface area contributed by atoms with Crippen LogP contribution in [0.5, 0.6) is 5.75 Å². The van der Waals surface area contributed by atoms with Gasteiger partial charge in [0.1, 0.15) is 0 Å². The zero-order valence-corrected chi connectivity index (χ0v) is 13.0. The summed E-state index contributed by atoms with van der Waals surface area (Å²) in [6.07, 6.45) is 2.69. The van der Waals surface area contributed by atoms with E-state index in [1.54, 1.807) is 6.20 Å². The van der Waals surface area contributed by atoms with E-state index in [1.807, 2.05) is 32.9 Å². The third-order valence-electron chi connectivity index (χ3n) is 2.94. The van der Waals surface area contributed by atoms with Gasteiger partial charge in [0.2, 0.25) is 0 Å². The first-order valence-electron chi connectivity index (χ1n) is 6.30. The van der Waals surface area contributed by atoms with E-state index in [1.165, 1.54) is 5.56 Å². The fourth-order valence-electron chi connectivity index (χ4n) is 1.84. The minimum atomic E-state index is -0.503. The lowest BCUT2D eigenvalue weighted by Gasteiger charge is -2.15. The summed E-state index contributed by atoms with van der Waals surface area (Å²) in [6.45, 7) is 5.54. The molecule has 0 aliphatic heterocycles. The fraction of sp³-hybridized carbons (Fsp3) is 0.400. The first-order valence-corrected chi connectivity index (χ1v) is 7.43. The molecule has 3 nitrogen and oxygen atoms in total. The van der Waals surface area contributed by atoms with Crippen LogP contribution in [0.2, 0.25) is 0 Å².